The lowest BCUT2D eigenvalue weighted by Gasteiger charge is -2.42. The van der Waals surface area contributed by atoms with Crippen molar-refractivity contribution in [3.8, 4) is 0 Å². The molecule has 1 N–H and O–H groups in total. The molecule has 0 bridgehead atoms. The van der Waals surface area contributed by atoms with Gasteiger partial charge in [-0.3, -0.25) is 14.5 Å². The van der Waals surface area contributed by atoms with Crippen LogP contribution in [0.15, 0.2) is 42.5 Å². The largest absolute Gasteiger partial charge is 0.352 e. The monoisotopic (exact) mass is 408 g/mol. The van der Waals surface area contributed by atoms with Gasteiger partial charge in [0.15, 0.2) is 0 Å². The van der Waals surface area contributed by atoms with Crippen LogP contribution < -0.4 is 5.32 Å². The van der Waals surface area contributed by atoms with Crippen LogP contribution in [0.5, 0.6) is 0 Å². The molecule has 2 aliphatic rings. The molecule has 4 rings (SSSR count). The van der Waals surface area contributed by atoms with Crippen LogP contribution >= 0.6 is 0 Å². The summed E-state index contributed by atoms with van der Waals surface area (Å²) >= 11 is 0. The molecule has 2 aliphatic heterocycles. The van der Waals surface area contributed by atoms with Crippen molar-refractivity contribution in [3.05, 3.63) is 48.0 Å². The average Bonchev–Trinajstić information content (AvgIpc) is 2.78. The normalized spacial score (nSPS) is 21.0. The van der Waals surface area contributed by atoms with E-state index in [1.165, 1.54) is 19.4 Å². The average molecular weight is 409 g/mol. The van der Waals surface area contributed by atoms with Gasteiger partial charge in [-0.15, -0.1) is 0 Å². The maximum atomic E-state index is 12.6. The number of piperazine rings is 1. The fraction of sp³-hybridized carbons (Fsp3) is 0.500. The van der Waals surface area contributed by atoms with Crippen molar-refractivity contribution in [1.29, 1.82) is 0 Å². The molecule has 30 heavy (non-hydrogen) atoms. The van der Waals surface area contributed by atoms with Crippen molar-refractivity contribution < 1.29 is 9.59 Å². The highest BCUT2D eigenvalue weighted by Crippen LogP contribution is 2.17. The number of amides is 2. The van der Waals surface area contributed by atoms with Gasteiger partial charge in [-0.05, 0) is 49.3 Å². The van der Waals surface area contributed by atoms with E-state index in [1.807, 2.05) is 47.4 Å². The number of rotatable bonds is 5. The van der Waals surface area contributed by atoms with Crippen LogP contribution in [0.3, 0.4) is 0 Å². The van der Waals surface area contributed by atoms with Gasteiger partial charge in [0.1, 0.15) is 0 Å². The number of carbonyl (C=O) groups is 2. The fourth-order valence-corrected chi connectivity index (χ4v) is 4.65. The molecule has 6 heteroatoms. The fourth-order valence-electron chi connectivity index (χ4n) is 4.65. The Morgan fingerprint density at radius 3 is 2.53 bits per heavy atom. The summed E-state index contributed by atoms with van der Waals surface area (Å²) in [7, 11) is 2.19. The molecule has 2 amide bonds. The van der Waals surface area contributed by atoms with E-state index in [0.29, 0.717) is 24.6 Å². The number of hydrogen-bond acceptors (Lipinski definition) is 4. The molecule has 160 valence electrons. The number of benzene rings is 2. The minimum Gasteiger partial charge on any atom is -0.352 e. The Labute approximate surface area is 178 Å². The summed E-state index contributed by atoms with van der Waals surface area (Å²) in [6.07, 6.45) is 2.88. The lowest BCUT2D eigenvalue weighted by molar-refractivity contribution is -0.133. The van der Waals surface area contributed by atoms with Gasteiger partial charge in [0, 0.05) is 57.3 Å². The van der Waals surface area contributed by atoms with E-state index in [4.69, 9.17) is 0 Å². The Morgan fingerprint density at radius 2 is 1.77 bits per heavy atom. The van der Waals surface area contributed by atoms with Crippen molar-refractivity contribution >= 4 is 22.6 Å². The predicted molar refractivity (Wildman–Crippen MR) is 120 cm³/mol. The van der Waals surface area contributed by atoms with Crippen molar-refractivity contribution in [2.45, 2.75) is 25.3 Å². The molecule has 0 spiro atoms. The highest BCUT2D eigenvalue weighted by molar-refractivity contribution is 5.98. The molecule has 1 atom stereocenters. The highest BCUT2D eigenvalue weighted by atomic mass is 16.2. The number of hydrogen-bond donors (Lipinski definition) is 1. The Balaban J connectivity index is 1.20. The standard InChI is InChI=1S/C24H32N4O2/c1-26-12-4-7-22(18-26)27-13-15-28(16-14-27)23(29)10-11-25-24(30)21-9-8-19-5-2-3-6-20(19)17-21/h2-3,5-6,8-9,17,22H,4,7,10-16,18H2,1H3,(H,25,30). The molecule has 1 unspecified atom stereocenters. The van der Waals surface area contributed by atoms with Crippen LogP contribution in [0, 0.1) is 0 Å². The van der Waals surface area contributed by atoms with Gasteiger partial charge < -0.3 is 15.1 Å². The number of carbonyl (C=O) groups excluding carboxylic acids is 2. The first-order valence-electron chi connectivity index (χ1n) is 11.1. The zero-order valence-electron chi connectivity index (χ0n) is 17.8. The molecule has 6 nitrogen and oxygen atoms in total. The highest BCUT2D eigenvalue weighted by Gasteiger charge is 2.28. The van der Waals surface area contributed by atoms with Crippen molar-refractivity contribution in [2.75, 3.05) is 52.9 Å². The first-order chi connectivity index (χ1) is 14.6. The quantitative estimate of drug-likeness (QED) is 0.824. The summed E-state index contributed by atoms with van der Waals surface area (Å²) in [5, 5.41) is 5.06. The first-order valence-corrected chi connectivity index (χ1v) is 11.1. The molecule has 2 saturated heterocycles. The Kier molecular flexibility index (Phi) is 6.65. The summed E-state index contributed by atoms with van der Waals surface area (Å²) in [6, 6.07) is 14.3. The maximum Gasteiger partial charge on any atom is 0.251 e. The summed E-state index contributed by atoms with van der Waals surface area (Å²) in [6.45, 7) is 6.18. The third kappa shape index (κ3) is 4.99. The summed E-state index contributed by atoms with van der Waals surface area (Å²) in [5.41, 5.74) is 0.632. The lowest BCUT2D eigenvalue weighted by atomic mass is 10.0. The van der Waals surface area contributed by atoms with E-state index in [1.54, 1.807) is 0 Å². The molecule has 2 aromatic carbocycles. The van der Waals surface area contributed by atoms with Gasteiger partial charge in [0.05, 0.1) is 0 Å². The van der Waals surface area contributed by atoms with E-state index < -0.39 is 0 Å². The Bertz CT molecular complexity index is 892. The number of likely N-dealkylation sites (N-methyl/N-ethyl adjacent to an activating group) is 1. The van der Waals surface area contributed by atoms with Crippen LogP contribution in [-0.2, 0) is 4.79 Å². The zero-order valence-corrected chi connectivity index (χ0v) is 17.8. The number of fused-ring (bicyclic) bond motifs is 1. The van der Waals surface area contributed by atoms with E-state index >= 15 is 0 Å². The molecular formula is C24H32N4O2. The third-order valence-corrected chi connectivity index (χ3v) is 6.42. The summed E-state index contributed by atoms with van der Waals surface area (Å²) in [4.78, 5) is 31.9. The maximum absolute atomic E-state index is 12.6. The molecule has 0 aromatic heterocycles. The number of nitrogens with one attached hydrogen (secondary N) is 1. The minimum absolute atomic E-state index is 0.125. The third-order valence-electron chi connectivity index (χ3n) is 6.42. The van der Waals surface area contributed by atoms with E-state index in [0.717, 1.165) is 43.5 Å². The van der Waals surface area contributed by atoms with E-state index in [2.05, 4.69) is 22.2 Å². The Hall–Kier alpha value is -2.44. The molecule has 2 fully saturated rings. The topological polar surface area (TPSA) is 55.9 Å². The van der Waals surface area contributed by atoms with Gasteiger partial charge in [-0.2, -0.15) is 0 Å². The van der Waals surface area contributed by atoms with Gasteiger partial charge >= 0.3 is 0 Å². The van der Waals surface area contributed by atoms with Crippen molar-refractivity contribution in [1.82, 2.24) is 20.0 Å². The summed E-state index contributed by atoms with van der Waals surface area (Å²) in [5.74, 6) is 0.00835. The van der Waals surface area contributed by atoms with Crippen molar-refractivity contribution in [2.24, 2.45) is 0 Å². The van der Waals surface area contributed by atoms with Gasteiger partial charge in [-0.1, -0.05) is 30.3 Å². The Morgan fingerprint density at radius 1 is 1.00 bits per heavy atom. The van der Waals surface area contributed by atoms with Crippen LogP contribution in [0.25, 0.3) is 10.8 Å². The van der Waals surface area contributed by atoms with Crippen LogP contribution in [0.1, 0.15) is 29.6 Å². The van der Waals surface area contributed by atoms with Gasteiger partial charge in [0.25, 0.3) is 5.91 Å². The molecule has 2 heterocycles. The number of nitrogens with zero attached hydrogens (tertiary/aromatic N) is 3. The minimum atomic E-state index is -0.125. The van der Waals surface area contributed by atoms with Crippen molar-refractivity contribution in [3.63, 3.8) is 0 Å². The van der Waals surface area contributed by atoms with Crippen LogP contribution in [-0.4, -0.2) is 85.4 Å². The smallest absolute Gasteiger partial charge is 0.251 e. The van der Waals surface area contributed by atoms with E-state index in [9.17, 15) is 9.59 Å². The second-order valence-electron chi connectivity index (χ2n) is 8.54. The van der Waals surface area contributed by atoms with Gasteiger partial charge in [-0.25, -0.2) is 0 Å². The predicted octanol–water partition coefficient (Wildman–Crippen LogP) is 2.20. The number of piperidine rings is 1. The molecule has 0 aliphatic carbocycles. The van der Waals surface area contributed by atoms with Gasteiger partial charge in [0.2, 0.25) is 5.91 Å². The SMILES string of the molecule is CN1CCCC(N2CCN(C(=O)CCNC(=O)c3ccc4ccccc4c3)CC2)C1. The zero-order chi connectivity index (χ0) is 20.9. The second-order valence-corrected chi connectivity index (χ2v) is 8.54. The second kappa shape index (κ2) is 9.58. The lowest BCUT2D eigenvalue weighted by Crippen LogP contribution is -2.55. The van der Waals surface area contributed by atoms with E-state index in [-0.39, 0.29) is 11.8 Å². The summed E-state index contributed by atoms with van der Waals surface area (Å²) < 4.78 is 0. The molecular weight excluding hydrogens is 376 g/mol. The van der Waals surface area contributed by atoms with Crippen LogP contribution in [0.4, 0.5) is 0 Å². The molecule has 2 aromatic rings. The molecule has 0 saturated carbocycles. The number of likely N-dealkylation sites (tertiary alicyclic amines) is 1. The van der Waals surface area contributed by atoms with Crippen LogP contribution in [0.2, 0.25) is 0 Å². The first kappa shape index (κ1) is 20.8. The molecule has 0 radical (unpaired) electrons.